The second kappa shape index (κ2) is 7.70. The molecule has 2 aromatic rings. The molecule has 1 aromatic carbocycles. The fourth-order valence-corrected chi connectivity index (χ4v) is 3.27. The number of rotatable bonds is 5. The lowest BCUT2D eigenvalue weighted by Crippen LogP contribution is -2.48. The number of hydrogen-bond acceptors (Lipinski definition) is 3. The fourth-order valence-electron chi connectivity index (χ4n) is 3.27. The number of hydrogen-bond donors (Lipinski definition) is 2. The van der Waals surface area contributed by atoms with Crippen LogP contribution < -0.4 is 5.32 Å². The number of aliphatic hydroxyl groups excluding tert-OH is 1. The van der Waals surface area contributed by atoms with Crippen molar-refractivity contribution in [3.63, 3.8) is 0 Å². The molecule has 1 aliphatic rings. The largest absolute Gasteiger partial charge is 0.396 e. The van der Waals surface area contributed by atoms with E-state index in [-0.39, 0.29) is 18.1 Å². The number of piperidine rings is 1. The van der Waals surface area contributed by atoms with Crippen LogP contribution in [0.3, 0.4) is 0 Å². The molecule has 1 saturated heterocycles. The average molecular weight is 342 g/mol. The Kier molecular flexibility index (Phi) is 5.38. The zero-order chi connectivity index (χ0) is 17.7. The van der Waals surface area contributed by atoms with Crippen molar-refractivity contribution >= 4 is 6.03 Å². The number of aliphatic hydroxyl groups is 1. The predicted octanol–water partition coefficient (Wildman–Crippen LogP) is 2.57. The molecule has 2 amide bonds. The standard InChI is InChI=1S/C19H26N4O2/c1-2-19(15-24)9-12-22(13-10-19)18(25)20-14-16-8-11-23(21-16)17-6-4-3-5-7-17/h3-8,11,24H,2,9-10,12-15H2,1H3,(H,20,25). The van der Waals surface area contributed by atoms with Gasteiger partial charge in [0.15, 0.2) is 0 Å². The molecule has 3 rings (SSSR count). The monoisotopic (exact) mass is 342 g/mol. The van der Waals surface area contributed by atoms with Crippen LogP contribution in [0.15, 0.2) is 42.6 Å². The maximum atomic E-state index is 12.4. The minimum absolute atomic E-state index is 0.00869. The van der Waals surface area contributed by atoms with Crippen molar-refractivity contribution in [3.8, 4) is 5.69 Å². The van der Waals surface area contributed by atoms with Gasteiger partial charge in [-0.3, -0.25) is 0 Å². The second-order valence-electron chi connectivity index (χ2n) is 6.74. The van der Waals surface area contributed by atoms with Gasteiger partial charge in [0, 0.05) is 25.9 Å². The molecule has 0 atom stereocenters. The van der Waals surface area contributed by atoms with Crippen LogP contribution >= 0.6 is 0 Å². The first-order chi connectivity index (χ1) is 12.2. The zero-order valence-electron chi connectivity index (χ0n) is 14.7. The van der Waals surface area contributed by atoms with Crippen LogP contribution in [-0.4, -0.2) is 45.5 Å². The van der Waals surface area contributed by atoms with Crippen LogP contribution in [-0.2, 0) is 6.54 Å². The molecular formula is C19H26N4O2. The Labute approximate surface area is 148 Å². The maximum absolute atomic E-state index is 12.4. The van der Waals surface area contributed by atoms with E-state index in [2.05, 4.69) is 17.3 Å². The smallest absolute Gasteiger partial charge is 0.317 e. The van der Waals surface area contributed by atoms with Gasteiger partial charge >= 0.3 is 6.03 Å². The summed E-state index contributed by atoms with van der Waals surface area (Å²) >= 11 is 0. The number of nitrogens with zero attached hydrogens (tertiary/aromatic N) is 3. The summed E-state index contributed by atoms with van der Waals surface area (Å²) in [5, 5.41) is 17.0. The molecule has 2 heterocycles. The van der Waals surface area contributed by atoms with Crippen molar-refractivity contribution in [2.24, 2.45) is 5.41 Å². The van der Waals surface area contributed by atoms with E-state index in [9.17, 15) is 9.90 Å². The highest BCUT2D eigenvalue weighted by Gasteiger charge is 2.33. The third-order valence-corrected chi connectivity index (χ3v) is 5.28. The van der Waals surface area contributed by atoms with Gasteiger partial charge in [-0.2, -0.15) is 5.10 Å². The first-order valence-electron chi connectivity index (χ1n) is 8.89. The highest BCUT2D eigenvalue weighted by atomic mass is 16.3. The molecule has 6 heteroatoms. The van der Waals surface area contributed by atoms with Crippen LogP contribution in [0, 0.1) is 5.41 Å². The molecule has 0 saturated carbocycles. The summed E-state index contributed by atoms with van der Waals surface area (Å²) in [5.41, 5.74) is 1.81. The number of nitrogens with one attached hydrogen (secondary N) is 1. The number of likely N-dealkylation sites (tertiary alicyclic amines) is 1. The lowest BCUT2D eigenvalue weighted by molar-refractivity contribution is 0.0519. The molecule has 2 N–H and O–H groups in total. The first-order valence-corrected chi connectivity index (χ1v) is 8.89. The molecule has 0 spiro atoms. The Morgan fingerprint density at radius 3 is 2.60 bits per heavy atom. The van der Waals surface area contributed by atoms with Gasteiger partial charge in [-0.15, -0.1) is 0 Å². The molecule has 0 unspecified atom stereocenters. The highest BCUT2D eigenvalue weighted by molar-refractivity contribution is 5.74. The molecule has 25 heavy (non-hydrogen) atoms. The van der Waals surface area contributed by atoms with E-state index in [1.807, 2.05) is 47.5 Å². The minimum atomic E-state index is -0.0584. The summed E-state index contributed by atoms with van der Waals surface area (Å²) in [7, 11) is 0. The van der Waals surface area contributed by atoms with E-state index in [0.29, 0.717) is 19.6 Å². The van der Waals surface area contributed by atoms with Crippen molar-refractivity contribution in [2.45, 2.75) is 32.7 Å². The molecule has 1 aromatic heterocycles. The Morgan fingerprint density at radius 1 is 1.24 bits per heavy atom. The summed E-state index contributed by atoms with van der Waals surface area (Å²) in [6.45, 7) is 4.11. The van der Waals surface area contributed by atoms with Gasteiger partial charge in [-0.05, 0) is 42.9 Å². The zero-order valence-corrected chi connectivity index (χ0v) is 14.7. The van der Waals surface area contributed by atoms with Gasteiger partial charge in [0.2, 0.25) is 0 Å². The Bertz CT molecular complexity index is 684. The minimum Gasteiger partial charge on any atom is -0.396 e. The van der Waals surface area contributed by atoms with E-state index in [4.69, 9.17) is 0 Å². The Morgan fingerprint density at radius 2 is 1.96 bits per heavy atom. The molecule has 6 nitrogen and oxygen atoms in total. The van der Waals surface area contributed by atoms with E-state index in [1.54, 1.807) is 4.68 Å². The molecule has 0 radical (unpaired) electrons. The van der Waals surface area contributed by atoms with Crippen molar-refractivity contribution in [1.29, 1.82) is 0 Å². The predicted molar refractivity (Wildman–Crippen MR) is 96.4 cm³/mol. The van der Waals surface area contributed by atoms with Gasteiger partial charge in [0.1, 0.15) is 0 Å². The summed E-state index contributed by atoms with van der Waals surface area (Å²) in [5.74, 6) is 0. The lowest BCUT2D eigenvalue weighted by Gasteiger charge is -2.40. The van der Waals surface area contributed by atoms with E-state index in [0.717, 1.165) is 30.6 Å². The number of benzene rings is 1. The second-order valence-corrected chi connectivity index (χ2v) is 6.74. The summed E-state index contributed by atoms with van der Waals surface area (Å²) in [4.78, 5) is 14.2. The third-order valence-electron chi connectivity index (χ3n) is 5.28. The molecule has 0 aliphatic carbocycles. The van der Waals surface area contributed by atoms with Crippen molar-refractivity contribution < 1.29 is 9.90 Å². The molecule has 1 fully saturated rings. The van der Waals surface area contributed by atoms with Crippen molar-refractivity contribution in [2.75, 3.05) is 19.7 Å². The number of aromatic nitrogens is 2. The van der Waals surface area contributed by atoms with Gasteiger partial charge < -0.3 is 15.3 Å². The van der Waals surface area contributed by atoms with Crippen LogP contribution in [0.5, 0.6) is 0 Å². The number of amides is 2. The summed E-state index contributed by atoms with van der Waals surface area (Å²) in [6.07, 6.45) is 4.57. The van der Waals surface area contributed by atoms with E-state index >= 15 is 0 Å². The van der Waals surface area contributed by atoms with Crippen LogP contribution in [0.1, 0.15) is 31.9 Å². The third kappa shape index (κ3) is 4.02. The van der Waals surface area contributed by atoms with Gasteiger partial charge in [0.05, 0.1) is 17.9 Å². The molecule has 0 bridgehead atoms. The van der Waals surface area contributed by atoms with Gasteiger partial charge in [-0.1, -0.05) is 25.1 Å². The topological polar surface area (TPSA) is 70.4 Å². The van der Waals surface area contributed by atoms with Crippen molar-refractivity contribution in [3.05, 3.63) is 48.3 Å². The van der Waals surface area contributed by atoms with Crippen LogP contribution in [0.4, 0.5) is 4.79 Å². The van der Waals surface area contributed by atoms with Crippen LogP contribution in [0.2, 0.25) is 0 Å². The number of para-hydroxylation sites is 1. The van der Waals surface area contributed by atoms with Crippen molar-refractivity contribution in [1.82, 2.24) is 20.0 Å². The van der Waals surface area contributed by atoms with Gasteiger partial charge in [-0.25, -0.2) is 9.48 Å². The SMILES string of the molecule is CCC1(CO)CCN(C(=O)NCc2ccn(-c3ccccc3)n2)CC1. The number of carbonyl (C=O) groups excluding carboxylic acids is 1. The average Bonchev–Trinajstić information content (AvgIpc) is 3.16. The Balaban J connectivity index is 1.51. The Hall–Kier alpha value is -2.34. The van der Waals surface area contributed by atoms with E-state index < -0.39 is 0 Å². The highest BCUT2D eigenvalue weighted by Crippen LogP contribution is 2.34. The van der Waals surface area contributed by atoms with E-state index in [1.165, 1.54) is 0 Å². The number of carbonyl (C=O) groups is 1. The first kappa shape index (κ1) is 17.5. The normalized spacial score (nSPS) is 16.6. The maximum Gasteiger partial charge on any atom is 0.317 e. The summed E-state index contributed by atoms with van der Waals surface area (Å²) < 4.78 is 1.80. The summed E-state index contributed by atoms with van der Waals surface area (Å²) in [6, 6.07) is 11.7. The van der Waals surface area contributed by atoms with Crippen LogP contribution in [0.25, 0.3) is 5.69 Å². The molecule has 134 valence electrons. The quantitative estimate of drug-likeness (QED) is 0.877. The lowest BCUT2D eigenvalue weighted by atomic mass is 9.77. The van der Waals surface area contributed by atoms with Gasteiger partial charge in [0.25, 0.3) is 0 Å². The molecular weight excluding hydrogens is 316 g/mol. The fraction of sp³-hybridized carbons (Fsp3) is 0.474. The number of urea groups is 1. The molecule has 1 aliphatic heterocycles.